The van der Waals surface area contributed by atoms with Crippen molar-refractivity contribution < 1.29 is 0 Å². The van der Waals surface area contributed by atoms with Crippen LogP contribution in [-0.4, -0.2) is 11.3 Å². The van der Waals surface area contributed by atoms with Gasteiger partial charge >= 0.3 is 0 Å². The lowest BCUT2D eigenvalue weighted by Gasteiger charge is -2.41. The number of unbranched alkanes of at least 4 members (excludes halogenated alkanes) is 1. The SMILES string of the molecule is CCCCc1ccc2c(c1)N(c1ccccc1)c1cc(N(c3ccccc3)c3ccccc3)cc3c1B2c1cccc2c4ccccc4n-3c12. The van der Waals surface area contributed by atoms with E-state index in [0.29, 0.717) is 0 Å². The second kappa shape index (κ2) is 11.6. The Kier molecular flexibility index (Phi) is 6.70. The van der Waals surface area contributed by atoms with Crippen molar-refractivity contribution in [3.05, 3.63) is 169 Å². The Balaban J connectivity index is 1.36. The van der Waals surface area contributed by atoms with Crippen LogP contribution in [0.5, 0.6) is 0 Å². The van der Waals surface area contributed by atoms with E-state index in [0.717, 1.165) is 23.5 Å². The number of fused-ring (bicyclic) bond motifs is 7. The number of rotatable bonds is 7. The fraction of sp³-hybridized carbons (Fsp3) is 0.0870. The first kappa shape index (κ1) is 29.0. The predicted molar refractivity (Wildman–Crippen MR) is 213 cm³/mol. The maximum Gasteiger partial charge on any atom is 0.252 e. The molecule has 4 heteroatoms. The van der Waals surface area contributed by atoms with Gasteiger partial charge in [0.1, 0.15) is 0 Å². The Morgan fingerprint density at radius 2 is 1.20 bits per heavy atom. The monoisotopic (exact) mass is 641 g/mol. The van der Waals surface area contributed by atoms with E-state index in [2.05, 4.69) is 185 Å². The lowest BCUT2D eigenvalue weighted by Crippen LogP contribution is -2.60. The van der Waals surface area contributed by atoms with Crippen molar-refractivity contribution >= 4 is 79.0 Å². The number of anilines is 6. The van der Waals surface area contributed by atoms with Crippen molar-refractivity contribution in [3.8, 4) is 5.69 Å². The van der Waals surface area contributed by atoms with E-state index in [4.69, 9.17) is 0 Å². The van der Waals surface area contributed by atoms with Gasteiger partial charge in [0, 0.05) is 50.4 Å². The highest BCUT2D eigenvalue weighted by atomic mass is 15.2. The van der Waals surface area contributed by atoms with Gasteiger partial charge in [0.2, 0.25) is 0 Å². The zero-order valence-corrected chi connectivity index (χ0v) is 28.1. The molecule has 8 aromatic rings. The topological polar surface area (TPSA) is 11.4 Å². The number of aryl methyl sites for hydroxylation is 1. The first-order chi connectivity index (χ1) is 24.8. The second-order valence-corrected chi connectivity index (χ2v) is 13.6. The highest BCUT2D eigenvalue weighted by Gasteiger charge is 2.42. The average Bonchev–Trinajstić information content (AvgIpc) is 3.52. The van der Waals surface area contributed by atoms with Crippen LogP contribution in [0, 0.1) is 0 Å². The molecule has 0 saturated heterocycles. The van der Waals surface area contributed by atoms with E-state index in [1.54, 1.807) is 0 Å². The van der Waals surface area contributed by atoms with Gasteiger partial charge in [0.25, 0.3) is 6.71 Å². The summed E-state index contributed by atoms with van der Waals surface area (Å²) in [4.78, 5) is 4.94. The molecule has 2 aliphatic rings. The van der Waals surface area contributed by atoms with Crippen LogP contribution in [0.1, 0.15) is 25.3 Å². The molecule has 10 rings (SSSR count). The molecule has 0 saturated carbocycles. The average molecular weight is 642 g/mol. The Bertz CT molecular complexity index is 2500. The van der Waals surface area contributed by atoms with Gasteiger partial charge in [-0.2, -0.15) is 0 Å². The quantitative estimate of drug-likeness (QED) is 0.161. The molecule has 0 spiro atoms. The zero-order valence-electron chi connectivity index (χ0n) is 28.1. The smallest absolute Gasteiger partial charge is 0.252 e. The highest BCUT2D eigenvalue weighted by Crippen LogP contribution is 2.45. The second-order valence-electron chi connectivity index (χ2n) is 13.6. The van der Waals surface area contributed by atoms with Crippen molar-refractivity contribution in [3.63, 3.8) is 0 Å². The van der Waals surface area contributed by atoms with Gasteiger partial charge in [0.05, 0.1) is 11.2 Å². The van der Waals surface area contributed by atoms with Crippen LogP contribution in [0.25, 0.3) is 27.5 Å². The van der Waals surface area contributed by atoms with Crippen LogP contribution in [0.3, 0.4) is 0 Å². The normalized spacial score (nSPS) is 12.7. The molecule has 3 nitrogen and oxygen atoms in total. The van der Waals surface area contributed by atoms with E-state index in [1.165, 1.54) is 79.3 Å². The molecule has 0 aliphatic carbocycles. The van der Waals surface area contributed by atoms with Crippen molar-refractivity contribution in [2.45, 2.75) is 26.2 Å². The number of hydrogen-bond donors (Lipinski definition) is 0. The van der Waals surface area contributed by atoms with Crippen molar-refractivity contribution in [1.29, 1.82) is 0 Å². The van der Waals surface area contributed by atoms with E-state index in [-0.39, 0.29) is 6.71 Å². The van der Waals surface area contributed by atoms with Crippen molar-refractivity contribution in [2.24, 2.45) is 0 Å². The molecule has 7 aromatic carbocycles. The number of nitrogens with zero attached hydrogens (tertiary/aromatic N) is 3. The third kappa shape index (κ3) is 4.31. The minimum absolute atomic E-state index is 0.103. The molecular weight excluding hydrogens is 605 g/mol. The Morgan fingerprint density at radius 3 is 1.94 bits per heavy atom. The summed E-state index contributed by atoms with van der Waals surface area (Å²) in [5.74, 6) is 0. The summed E-state index contributed by atoms with van der Waals surface area (Å²) < 4.78 is 2.55. The maximum absolute atomic E-state index is 2.55. The van der Waals surface area contributed by atoms with E-state index >= 15 is 0 Å². The van der Waals surface area contributed by atoms with Gasteiger partial charge in [-0.15, -0.1) is 0 Å². The standard InChI is InChI=1S/C46H36BN3/c1-2-3-16-32-27-28-39-42(29-32)49(35-21-11-6-12-22-35)43-30-36(48(33-17-7-4-8-18-33)34-19-9-5-10-20-34)31-44-45(43)47(39)40-25-15-24-38-37-23-13-14-26-41(37)50(44)46(38)40/h4-15,17-31H,2-3,16H2,1H3. The minimum atomic E-state index is 0.103. The van der Waals surface area contributed by atoms with Crippen molar-refractivity contribution in [2.75, 3.05) is 9.80 Å². The summed E-state index contributed by atoms with van der Waals surface area (Å²) in [5, 5.41) is 2.60. The fourth-order valence-corrected chi connectivity index (χ4v) is 8.56. The number of hydrogen-bond acceptors (Lipinski definition) is 2. The zero-order chi connectivity index (χ0) is 33.2. The summed E-state index contributed by atoms with van der Waals surface area (Å²) in [7, 11) is 0. The summed E-state index contributed by atoms with van der Waals surface area (Å²) in [6, 6.07) is 60.6. The van der Waals surface area contributed by atoms with E-state index in [9.17, 15) is 0 Å². The number of para-hydroxylation sites is 5. The molecule has 0 atom stereocenters. The molecule has 0 amide bonds. The van der Waals surface area contributed by atoms with Crippen molar-refractivity contribution in [1.82, 2.24) is 4.57 Å². The van der Waals surface area contributed by atoms with Crippen LogP contribution in [-0.2, 0) is 6.42 Å². The largest absolute Gasteiger partial charge is 0.311 e. The molecule has 3 heterocycles. The van der Waals surface area contributed by atoms with Gasteiger partial charge in [-0.3, -0.25) is 0 Å². The lowest BCUT2D eigenvalue weighted by atomic mass is 9.33. The maximum atomic E-state index is 2.55. The van der Waals surface area contributed by atoms with E-state index in [1.807, 2.05) is 0 Å². The Hall–Kier alpha value is -6.00. The molecule has 0 radical (unpaired) electrons. The van der Waals surface area contributed by atoms with Gasteiger partial charge in [-0.25, -0.2) is 0 Å². The summed E-state index contributed by atoms with van der Waals surface area (Å²) in [6.07, 6.45) is 3.44. The van der Waals surface area contributed by atoms with Crippen LogP contribution in [0.2, 0.25) is 0 Å². The third-order valence-electron chi connectivity index (χ3n) is 10.7. The predicted octanol–water partition coefficient (Wildman–Crippen LogP) is 10.2. The summed E-state index contributed by atoms with van der Waals surface area (Å²) in [6.45, 7) is 2.38. The summed E-state index contributed by atoms with van der Waals surface area (Å²) >= 11 is 0. The molecule has 2 aliphatic heterocycles. The highest BCUT2D eigenvalue weighted by molar-refractivity contribution is 7.00. The van der Waals surface area contributed by atoms with Gasteiger partial charge in [-0.05, 0) is 95.5 Å². The molecule has 1 aromatic heterocycles. The summed E-state index contributed by atoms with van der Waals surface area (Å²) in [5.41, 5.74) is 16.4. The minimum Gasteiger partial charge on any atom is -0.311 e. The molecule has 0 unspecified atom stereocenters. The fourth-order valence-electron chi connectivity index (χ4n) is 8.56. The Morgan fingerprint density at radius 1 is 0.540 bits per heavy atom. The first-order valence-electron chi connectivity index (χ1n) is 17.9. The Labute approximate surface area is 293 Å². The van der Waals surface area contributed by atoms with Crippen LogP contribution < -0.4 is 26.2 Å². The number of aromatic nitrogens is 1. The molecule has 0 fully saturated rings. The number of benzene rings is 7. The third-order valence-corrected chi connectivity index (χ3v) is 10.7. The van der Waals surface area contributed by atoms with Crippen LogP contribution >= 0.6 is 0 Å². The lowest BCUT2D eigenvalue weighted by molar-refractivity contribution is 0.795. The van der Waals surface area contributed by atoms with Gasteiger partial charge in [-0.1, -0.05) is 116 Å². The van der Waals surface area contributed by atoms with Gasteiger partial charge < -0.3 is 14.4 Å². The molecule has 238 valence electrons. The van der Waals surface area contributed by atoms with Crippen LogP contribution in [0.4, 0.5) is 34.1 Å². The molecule has 50 heavy (non-hydrogen) atoms. The first-order valence-corrected chi connectivity index (χ1v) is 17.9. The van der Waals surface area contributed by atoms with E-state index < -0.39 is 0 Å². The molecular formula is C46H36BN3. The van der Waals surface area contributed by atoms with Crippen LogP contribution in [0.15, 0.2) is 164 Å². The molecule has 0 bridgehead atoms. The van der Waals surface area contributed by atoms with Gasteiger partial charge in [0.15, 0.2) is 0 Å². The molecule has 0 N–H and O–H groups in total.